The van der Waals surface area contributed by atoms with Crippen molar-refractivity contribution in [1.82, 2.24) is 0 Å². The second kappa shape index (κ2) is 10.4. The first-order valence-corrected chi connectivity index (χ1v) is 13.8. The van der Waals surface area contributed by atoms with Crippen LogP contribution in [0.15, 0.2) is 48.1 Å². The molecule has 10 atom stereocenters. The summed E-state index contributed by atoms with van der Waals surface area (Å²) in [4.78, 5) is 26.2. The zero-order chi connectivity index (χ0) is 29.0. The maximum atomic E-state index is 13.2. The van der Waals surface area contributed by atoms with Gasteiger partial charge < -0.3 is 35.0 Å². The number of rotatable bonds is 9. The minimum absolute atomic E-state index is 0.100. The largest absolute Gasteiger partial charge is 0.455 e. The second-order valence-electron chi connectivity index (χ2n) is 11.9. The molecule has 0 radical (unpaired) electrons. The lowest BCUT2D eigenvalue weighted by Gasteiger charge is -2.57. The molecule has 1 heterocycles. The zero-order valence-corrected chi connectivity index (χ0v) is 23.2. The van der Waals surface area contributed by atoms with Gasteiger partial charge in [0.05, 0.1) is 18.1 Å². The molecule has 4 aliphatic rings. The molecule has 10 unspecified atom stereocenters. The van der Waals surface area contributed by atoms with Crippen molar-refractivity contribution in [2.45, 2.75) is 101 Å². The van der Waals surface area contributed by atoms with E-state index < -0.39 is 76.8 Å². The average molecular weight is 547 g/mol. The third-order valence-electron chi connectivity index (χ3n) is 9.51. The maximum Gasteiger partial charge on any atom is 0.331 e. The van der Waals surface area contributed by atoms with Gasteiger partial charge in [0, 0.05) is 12.0 Å². The lowest BCUT2D eigenvalue weighted by molar-refractivity contribution is -0.252. The fraction of sp³-hybridized carbons (Fsp3) is 0.667. The van der Waals surface area contributed by atoms with Crippen LogP contribution in [-0.4, -0.2) is 84.6 Å². The van der Waals surface area contributed by atoms with E-state index >= 15 is 0 Å². The number of unbranched alkanes of at least 4 members (excludes halogenated alkanes) is 3. The lowest BCUT2D eigenvalue weighted by atomic mass is 9.54. The summed E-state index contributed by atoms with van der Waals surface area (Å²) in [5, 5.41) is 57.7. The third kappa shape index (κ3) is 4.29. The first-order chi connectivity index (χ1) is 18.3. The van der Waals surface area contributed by atoms with Gasteiger partial charge in [0.25, 0.3) is 0 Å². The predicted octanol–water partition coefficient (Wildman–Crippen LogP) is 1.67. The highest BCUT2D eigenvalue weighted by Crippen LogP contribution is 2.65. The third-order valence-corrected chi connectivity index (χ3v) is 9.51. The van der Waals surface area contributed by atoms with Crippen LogP contribution in [0.3, 0.4) is 0 Å². The van der Waals surface area contributed by atoms with Crippen molar-refractivity contribution >= 4 is 11.8 Å². The number of hydrogen-bond acceptors (Lipinski definition) is 9. The number of ether oxygens (including phenoxy) is 2. The van der Waals surface area contributed by atoms with Gasteiger partial charge in [-0.25, -0.2) is 4.79 Å². The highest BCUT2D eigenvalue weighted by atomic mass is 16.6. The van der Waals surface area contributed by atoms with Crippen LogP contribution in [0.1, 0.15) is 59.8 Å². The minimum atomic E-state index is -2.48. The van der Waals surface area contributed by atoms with Gasteiger partial charge in [0.15, 0.2) is 11.4 Å². The molecule has 1 saturated heterocycles. The number of epoxide rings is 1. The summed E-state index contributed by atoms with van der Waals surface area (Å²) in [6.45, 7) is 10.0. The Labute approximate surface area is 229 Å². The van der Waals surface area contributed by atoms with E-state index in [4.69, 9.17) is 9.47 Å². The summed E-state index contributed by atoms with van der Waals surface area (Å²) in [6, 6.07) is 0. The molecule has 3 fully saturated rings. The summed E-state index contributed by atoms with van der Waals surface area (Å²) in [5.74, 6) is -4.84. The summed E-state index contributed by atoms with van der Waals surface area (Å²) in [5.41, 5.74) is -7.59. The molecule has 3 aliphatic carbocycles. The van der Waals surface area contributed by atoms with Crippen molar-refractivity contribution in [3.05, 3.63) is 48.1 Å². The van der Waals surface area contributed by atoms with Gasteiger partial charge in [0.2, 0.25) is 0 Å². The smallest absolute Gasteiger partial charge is 0.331 e. The molecule has 0 aromatic rings. The van der Waals surface area contributed by atoms with E-state index in [-0.39, 0.29) is 12.0 Å². The molecule has 216 valence electrons. The Bertz CT molecular complexity index is 1110. The summed E-state index contributed by atoms with van der Waals surface area (Å²) >= 11 is 0. The molecule has 5 N–H and O–H groups in total. The summed E-state index contributed by atoms with van der Waals surface area (Å²) in [6.07, 6.45) is 7.47. The molecule has 0 spiro atoms. The molecule has 1 aliphatic heterocycles. The second-order valence-corrected chi connectivity index (χ2v) is 11.9. The molecule has 9 heteroatoms. The predicted molar refractivity (Wildman–Crippen MR) is 142 cm³/mol. The van der Waals surface area contributed by atoms with E-state index in [2.05, 4.69) is 13.5 Å². The number of carbonyl (C=O) groups excluding carboxylic acids is 2. The van der Waals surface area contributed by atoms with Crippen molar-refractivity contribution in [3.63, 3.8) is 0 Å². The molecule has 9 nitrogen and oxygen atoms in total. The average Bonchev–Trinajstić information content (AvgIpc) is 3.57. The number of carbonyl (C=O) groups is 2. The van der Waals surface area contributed by atoms with E-state index in [1.165, 1.54) is 25.2 Å². The number of aliphatic hydroxyl groups is 5. The lowest BCUT2D eigenvalue weighted by Crippen LogP contribution is -2.71. The van der Waals surface area contributed by atoms with Crippen molar-refractivity contribution in [1.29, 1.82) is 0 Å². The molecule has 0 aromatic heterocycles. The van der Waals surface area contributed by atoms with Crippen LogP contribution in [0.25, 0.3) is 0 Å². The SMILES string of the molecule is C=C(C)C1(O)CC(C)C2(O)C(C1OC(=O)/C=C/C=C/CCCCC)C1OC1(CO)C(O)C1(O)C(=O)C(C)=CC12. The molecule has 39 heavy (non-hydrogen) atoms. The van der Waals surface area contributed by atoms with Gasteiger partial charge in [0.1, 0.15) is 29.5 Å². The van der Waals surface area contributed by atoms with Crippen molar-refractivity contribution in [2.24, 2.45) is 17.8 Å². The number of esters is 1. The minimum Gasteiger partial charge on any atom is -0.455 e. The summed E-state index contributed by atoms with van der Waals surface area (Å²) in [7, 11) is 0. The summed E-state index contributed by atoms with van der Waals surface area (Å²) < 4.78 is 11.7. The van der Waals surface area contributed by atoms with E-state index in [9.17, 15) is 35.1 Å². The van der Waals surface area contributed by atoms with E-state index in [0.717, 1.165) is 25.7 Å². The van der Waals surface area contributed by atoms with Gasteiger partial charge in [-0.1, -0.05) is 57.6 Å². The van der Waals surface area contributed by atoms with Crippen molar-refractivity contribution in [3.8, 4) is 0 Å². The Hall–Kier alpha value is -2.14. The van der Waals surface area contributed by atoms with Crippen LogP contribution in [0.2, 0.25) is 0 Å². The molecule has 4 rings (SSSR count). The van der Waals surface area contributed by atoms with Gasteiger partial charge in [-0.15, -0.1) is 0 Å². The first-order valence-electron chi connectivity index (χ1n) is 13.8. The van der Waals surface area contributed by atoms with E-state index in [1.807, 2.05) is 6.08 Å². The van der Waals surface area contributed by atoms with Gasteiger partial charge in [-0.05, 0) is 50.2 Å². The highest BCUT2D eigenvalue weighted by molar-refractivity contribution is 6.05. The number of hydrogen-bond donors (Lipinski definition) is 5. The Kier molecular flexibility index (Phi) is 7.92. The molecule has 0 amide bonds. The number of ketones is 1. The van der Waals surface area contributed by atoms with Gasteiger partial charge >= 0.3 is 5.97 Å². The molecule has 2 saturated carbocycles. The van der Waals surface area contributed by atoms with Crippen molar-refractivity contribution in [2.75, 3.05) is 6.61 Å². The Balaban J connectivity index is 1.76. The fourth-order valence-corrected chi connectivity index (χ4v) is 7.18. The Morgan fingerprint density at radius 3 is 2.56 bits per heavy atom. The molecular formula is C30H42O9. The van der Waals surface area contributed by atoms with E-state index in [1.54, 1.807) is 19.9 Å². The zero-order valence-electron chi connectivity index (χ0n) is 23.2. The first kappa shape index (κ1) is 29.8. The van der Waals surface area contributed by atoms with Crippen LogP contribution in [0.4, 0.5) is 0 Å². The number of Topliss-reactive ketones (excluding diaryl/α,β-unsaturated/α-hetero) is 1. The van der Waals surface area contributed by atoms with Crippen LogP contribution in [0.5, 0.6) is 0 Å². The number of fused-ring (bicyclic) bond motifs is 5. The number of aliphatic hydroxyl groups excluding tert-OH is 2. The van der Waals surface area contributed by atoms with Gasteiger partial charge in [-0.2, -0.15) is 0 Å². The molecular weight excluding hydrogens is 504 g/mol. The number of allylic oxidation sites excluding steroid dienone is 3. The van der Waals surface area contributed by atoms with Crippen molar-refractivity contribution < 1.29 is 44.6 Å². The normalized spacial score (nSPS) is 44.9. The van der Waals surface area contributed by atoms with Crippen LogP contribution >= 0.6 is 0 Å². The highest BCUT2D eigenvalue weighted by Gasteiger charge is 2.83. The quantitative estimate of drug-likeness (QED) is 0.0725. The Morgan fingerprint density at radius 2 is 1.95 bits per heavy atom. The standard InChI is InChI=1S/C30H42O9/c1-6-7-8-9-10-11-12-13-21(32)38-24-22-25-28(16-31,39-25)26(34)30(37)20(14-18(4)23(30)33)29(22,36)19(5)15-27(24,35)17(2)3/h10-14,19-20,22,24-26,31,34-37H,2,6-9,15-16H2,1,3-5H3/b11-10+,13-12+. The van der Waals surface area contributed by atoms with E-state index in [0.29, 0.717) is 5.57 Å². The van der Waals surface area contributed by atoms with Crippen LogP contribution in [-0.2, 0) is 19.1 Å². The Morgan fingerprint density at radius 1 is 1.26 bits per heavy atom. The fourth-order valence-electron chi connectivity index (χ4n) is 7.18. The van der Waals surface area contributed by atoms with Crippen LogP contribution in [0, 0.1) is 17.8 Å². The maximum absolute atomic E-state index is 13.2. The van der Waals surface area contributed by atoms with Gasteiger partial charge in [-0.3, -0.25) is 4.79 Å². The molecule has 0 bridgehead atoms. The molecule has 0 aromatic carbocycles. The van der Waals surface area contributed by atoms with Crippen LogP contribution < -0.4 is 0 Å². The topological polar surface area (TPSA) is 157 Å². The monoisotopic (exact) mass is 546 g/mol.